The van der Waals surface area contributed by atoms with Crippen LogP contribution in [0.5, 0.6) is 0 Å². The van der Waals surface area contributed by atoms with Gasteiger partial charge in [0.2, 0.25) is 0 Å². The van der Waals surface area contributed by atoms with Gasteiger partial charge in [-0.05, 0) is 26.0 Å². The third-order valence-corrected chi connectivity index (χ3v) is 3.29. The number of hydrogen-bond donors (Lipinski definition) is 1. The van der Waals surface area contributed by atoms with Crippen LogP contribution >= 0.6 is 0 Å². The van der Waals surface area contributed by atoms with E-state index >= 15 is 0 Å². The van der Waals surface area contributed by atoms with E-state index in [0.717, 1.165) is 11.4 Å². The average molecular weight is 259 g/mol. The lowest BCUT2D eigenvalue weighted by molar-refractivity contribution is 0.817. The highest BCUT2D eigenvalue weighted by molar-refractivity contribution is 5.59. The molecule has 0 saturated carbocycles. The molecule has 0 radical (unpaired) electrons. The molecule has 2 aromatic rings. The molecule has 0 unspecified atom stereocenters. The number of rotatable bonds is 2. The number of hydrogen-bond acceptors (Lipinski definition) is 3. The molecular weight excluding hydrogens is 242 g/mol. The molecule has 0 aliphatic heterocycles. The SMILES string of the molecule is Cc1cc(Nc2cc(C)n(C)c(=O)c2)cc(=O)n1C. The van der Waals surface area contributed by atoms with Crippen LogP contribution in [0.1, 0.15) is 11.4 Å². The first kappa shape index (κ1) is 13.1. The maximum Gasteiger partial charge on any atom is 0.252 e. The lowest BCUT2D eigenvalue weighted by Gasteiger charge is -2.11. The highest BCUT2D eigenvalue weighted by Gasteiger charge is 2.03. The second kappa shape index (κ2) is 4.76. The Labute approximate surface area is 111 Å². The highest BCUT2D eigenvalue weighted by Crippen LogP contribution is 2.15. The van der Waals surface area contributed by atoms with Crippen LogP contribution in [0, 0.1) is 13.8 Å². The van der Waals surface area contributed by atoms with E-state index in [4.69, 9.17) is 0 Å². The van der Waals surface area contributed by atoms with Crippen molar-refractivity contribution >= 4 is 11.4 Å². The molecule has 5 heteroatoms. The molecule has 0 spiro atoms. The van der Waals surface area contributed by atoms with E-state index in [-0.39, 0.29) is 11.1 Å². The Bertz CT molecular complexity index is 678. The summed E-state index contributed by atoms with van der Waals surface area (Å²) < 4.78 is 3.14. The number of aryl methyl sites for hydroxylation is 2. The summed E-state index contributed by atoms with van der Waals surface area (Å²) in [4.78, 5) is 23.4. The summed E-state index contributed by atoms with van der Waals surface area (Å²) in [6.07, 6.45) is 0. The quantitative estimate of drug-likeness (QED) is 0.888. The van der Waals surface area contributed by atoms with Gasteiger partial charge in [0.15, 0.2) is 0 Å². The van der Waals surface area contributed by atoms with Gasteiger partial charge in [-0.2, -0.15) is 0 Å². The number of anilines is 2. The zero-order chi connectivity index (χ0) is 14.2. The van der Waals surface area contributed by atoms with Crippen LogP contribution in [0.2, 0.25) is 0 Å². The third-order valence-electron chi connectivity index (χ3n) is 3.29. The van der Waals surface area contributed by atoms with E-state index in [0.29, 0.717) is 11.4 Å². The molecule has 0 amide bonds. The number of nitrogens with one attached hydrogen (secondary N) is 1. The van der Waals surface area contributed by atoms with Gasteiger partial charge in [-0.15, -0.1) is 0 Å². The molecule has 100 valence electrons. The van der Waals surface area contributed by atoms with Gasteiger partial charge in [-0.1, -0.05) is 0 Å². The van der Waals surface area contributed by atoms with Gasteiger partial charge in [0.05, 0.1) is 0 Å². The van der Waals surface area contributed by atoms with Crippen molar-refractivity contribution in [1.29, 1.82) is 0 Å². The van der Waals surface area contributed by atoms with Gasteiger partial charge in [0.1, 0.15) is 0 Å². The van der Waals surface area contributed by atoms with E-state index < -0.39 is 0 Å². The molecule has 19 heavy (non-hydrogen) atoms. The zero-order valence-corrected chi connectivity index (χ0v) is 11.5. The average Bonchev–Trinajstić information content (AvgIpc) is 2.33. The van der Waals surface area contributed by atoms with Crippen molar-refractivity contribution in [3.8, 4) is 0 Å². The summed E-state index contributed by atoms with van der Waals surface area (Å²) in [5.41, 5.74) is 2.93. The van der Waals surface area contributed by atoms with Gasteiger partial charge in [0, 0.05) is 49.0 Å². The van der Waals surface area contributed by atoms with Gasteiger partial charge in [-0.3, -0.25) is 9.59 Å². The molecule has 2 aromatic heterocycles. The fraction of sp³-hybridized carbons (Fsp3) is 0.286. The molecule has 0 aromatic carbocycles. The van der Waals surface area contributed by atoms with Gasteiger partial charge < -0.3 is 14.5 Å². The summed E-state index contributed by atoms with van der Waals surface area (Å²) in [7, 11) is 3.45. The van der Waals surface area contributed by atoms with Crippen LogP contribution in [0.25, 0.3) is 0 Å². The molecular formula is C14H17N3O2. The second-order valence-electron chi connectivity index (χ2n) is 4.69. The van der Waals surface area contributed by atoms with Crippen molar-refractivity contribution in [2.75, 3.05) is 5.32 Å². The minimum atomic E-state index is -0.0805. The summed E-state index contributed by atoms with van der Waals surface area (Å²) in [5.74, 6) is 0. The van der Waals surface area contributed by atoms with Crippen LogP contribution in [-0.4, -0.2) is 9.13 Å². The Morgan fingerprint density at radius 2 is 1.16 bits per heavy atom. The Kier molecular flexibility index (Phi) is 3.29. The lowest BCUT2D eigenvalue weighted by Crippen LogP contribution is -2.19. The smallest absolute Gasteiger partial charge is 0.252 e. The topological polar surface area (TPSA) is 56.0 Å². The van der Waals surface area contributed by atoms with Crippen LogP contribution in [0.15, 0.2) is 33.9 Å². The van der Waals surface area contributed by atoms with Crippen LogP contribution in [-0.2, 0) is 14.1 Å². The Morgan fingerprint density at radius 1 is 0.789 bits per heavy atom. The third kappa shape index (κ3) is 2.59. The van der Waals surface area contributed by atoms with Crippen molar-refractivity contribution < 1.29 is 0 Å². The van der Waals surface area contributed by atoms with E-state index in [1.807, 2.05) is 26.0 Å². The fourth-order valence-corrected chi connectivity index (χ4v) is 1.85. The van der Waals surface area contributed by atoms with Crippen LogP contribution in [0.3, 0.4) is 0 Å². The first-order valence-electron chi connectivity index (χ1n) is 6.01. The minimum Gasteiger partial charge on any atom is -0.355 e. The first-order chi connectivity index (χ1) is 8.88. The number of pyridine rings is 2. The van der Waals surface area contributed by atoms with E-state index in [2.05, 4.69) is 5.32 Å². The van der Waals surface area contributed by atoms with Crippen molar-refractivity contribution in [2.45, 2.75) is 13.8 Å². The van der Waals surface area contributed by atoms with Crippen molar-refractivity contribution in [3.05, 3.63) is 56.4 Å². The van der Waals surface area contributed by atoms with Gasteiger partial charge in [0.25, 0.3) is 11.1 Å². The number of aromatic nitrogens is 2. The molecule has 5 nitrogen and oxygen atoms in total. The van der Waals surface area contributed by atoms with Crippen molar-refractivity contribution in [2.24, 2.45) is 14.1 Å². The zero-order valence-electron chi connectivity index (χ0n) is 11.5. The maximum atomic E-state index is 11.7. The lowest BCUT2D eigenvalue weighted by atomic mass is 10.2. The summed E-state index contributed by atoms with van der Waals surface area (Å²) >= 11 is 0. The van der Waals surface area contributed by atoms with Gasteiger partial charge in [-0.25, -0.2) is 0 Å². The van der Waals surface area contributed by atoms with E-state index in [9.17, 15) is 9.59 Å². The summed E-state index contributed by atoms with van der Waals surface area (Å²) in [6, 6.07) is 6.77. The van der Waals surface area contributed by atoms with Gasteiger partial charge >= 0.3 is 0 Å². The monoisotopic (exact) mass is 259 g/mol. The first-order valence-corrected chi connectivity index (χ1v) is 6.01. The van der Waals surface area contributed by atoms with Crippen LogP contribution < -0.4 is 16.4 Å². The molecule has 2 heterocycles. The Morgan fingerprint density at radius 3 is 1.47 bits per heavy atom. The Hall–Kier alpha value is -2.30. The maximum absolute atomic E-state index is 11.7. The molecule has 2 rings (SSSR count). The number of nitrogens with zero attached hydrogens (tertiary/aromatic N) is 2. The van der Waals surface area contributed by atoms with Crippen LogP contribution in [0.4, 0.5) is 11.4 Å². The predicted molar refractivity (Wildman–Crippen MR) is 76.1 cm³/mol. The molecule has 1 N–H and O–H groups in total. The molecule has 0 bridgehead atoms. The largest absolute Gasteiger partial charge is 0.355 e. The molecule has 0 saturated heterocycles. The highest BCUT2D eigenvalue weighted by atomic mass is 16.1. The molecule has 0 aliphatic rings. The minimum absolute atomic E-state index is 0.0805. The summed E-state index contributed by atoms with van der Waals surface area (Å²) in [6.45, 7) is 3.73. The molecule has 0 aliphatic carbocycles. The van der Waals surface area contributed by atoms with Crippen molar-refractivity contribution in [1.82, 2.24) is 9.13 Å². The molecule has 0 fully saturated rings. The summed E-state index contributed by atoms with van der Waals surface area (Å²) in [5, 5.41) is 3.10. The fourth-order valence-electron chi connectivity index (χ4n) is 1.85. The van der Waals surface area contributed by atoms with Crippen molar-refractivity contribution in [3.63, 3.8) is 0 Å². The van der Waals surface area contributed by atoms with E-state index in [1.165, 1.54) is 12.1 Å². The second-order valence-corrected chi connectivity index (χ2v) is 4.69. The Balaban J connectivity index is 2.42. The standard InChI is InChI=1S/C14H17N3O2/c1-9-5-11(7-13(18)16(9)3)15-12-6-10(2)17(4)14(19)8-12/h5-8,15H,1-4H3. The predicted octanol–water partition coefficient (Wildman–Crippen LogP) is 1.44. The molecule has 0 atom stereocenters. The normalized spacial score (nSPS) is 10.5. The van der Waals surface area contributed by atoms with E-state index in [1.54, 1.807) is 23.2 Å².